The van der Waals surface area contributed by atoms with E-state index in [-0.39, 0.29) is 35.3 Å². The van der Waals surface area contributed by atoms with Crippen molar-refractivity contribution in [3.63, 3.8) is 0 Å². The summed E-state index contributed by atoms with van der Waals surface area (Å²) in [6, 6.07) is 0. The quantitative estimate of drug-likeness (QED) is 0.201. The van der Waals surface area contributed by atoms with Crippen LogP contribution in [0.1, 0.15) is 25.7 Å². The van der Waals surface area contributed by atoms with Crippen molar-refractivity contribution in [2.75, 3.05) is 18.6 Å². The van der Waals surface area contributed by atoms with Crippen LogP contribution in [0, 0.1) is 0 Å². The third kappa shape index (κ3) is 15.6. The third-order valence-electron chi connectivity index (χ3n) is 1.70. The first-order chi connectivity index (χ1) is 7.77. The molecule has 0 saturated carbocycles. The van der Waals surface area contributed by atoms with Gasteiger partial charge in [-0.15, -0.1) is 0 Å². The van der Waals surface area contributed by atoms with Crippen LogP contribution in [0.2, 0.25) is 0 Å². The van der Waals surface area contributed by atoms with Gasteiger partial charge in [0.05, 0.1) is 7.11 Å². The Morgan fingerprint density at radius 3 is 1.78 bits per heavy atom. The van der Waals surface area contributed by atoms with E-state index in [4.69, 9.17) is 0 Å². The van der Waals surface area contributed by atoms with Gasteiger partial charge in [-0.2, -0.15) is 8.42 Å². The Bertz CT molecular complexity index is 392. The molecular formula is C7H15NaO6S4. The van der Waals surface area contributed by atoms with Gasteiger partial charge < -0.3 is 4.55 Å². The van der Waals surface area contributed by atoms with E-state index in [9.17, 15) is 21.4 Å². The van der Waals surface area contributed by atoms with Crippen molar-refractivity contribution in [3.8, 4) is 0 Å². The maximum Gasteiger partial charge on any atom is 1.00 e. The van der Waals surface area contributed by atoms with Crippen LogP contribution in [0.15, 0.2) is 0 Å². The smallest absolute Gasteiger partial charge is 0.739 e. The van der Waals surface area contributed by atoms with E-state index >= 15 is 0 Å². The summed E-state index contributed by atoms with van der Waals surface area (Å²) < 4.78 is 56.7. The zero-order valence-corrected chi connectivity index (χ0v) is 15.6. The molecule has 0 bridgehead atoms. The van der Waals surface area contributed by atoms with Crippen molar-refractivity contribution in [3.05, 3.63) is 0 Å². The van der Waals surface area contributed by atoms with E-state index in [1.807, 2.05) is 0 Å². The molecule has 0 aromatic carbocycles. The zero-order valence-electron chi connectivity index (χ0n) is 10.3. The second-order valence-electron chi connectivity index (χ2n) is 3.04. The molecule has 0 amide bonds. The van der Waals surface area contributed by atoms with Gasteiger partial charge in [-0.25, -0.2) is 8.42 Å². The Balaban J connectivity index is 0. The molecule has 0 aliphatic carbocycles. The molecule has 0 unspecified atom stereocenters. The van der Waals surface area contributed by atoms with Gasteiger partial charge in [0.15, 0.2) is 0 Å². The van der Waals surface area contributed by atoms with Gasteiger partial charge in [-0.3, -0.25) is 4.18 Å². The Labute approximate surface area is 138 Å². The van der Waals surface area contributed by atoms with Crippen molar-refractivity contribution in [1.82, 2.24) is 0 Å². The first-order valence-electron chi connectivity index (χ1n) is 4.82. The second-order valence-corrected chi connectivity index (χ2v) is 10.2. The maximum atomic E-state index is 10.9. The summed E-state index contributed by atoms with van der Waals surface area (Å²) in [5.74, 6) is 0.735. The Hall–Kier alpha value is 1.52. The molecule has 6 nitrogen and oxygen atoms in total. The van der Waals surface area contributed by atoms with E-state index in [2.05, 4.69) is 4.18 Å². The topological polar surface area (TPSA) is 101 Å². The van der Waals surface area contributed by atoms with Gasteiger partial charge in [0.2, 0.25) is 0 Å². The average Bonchev–Trinajstić information content (AvgIpc) is 2.20. The van der Waals surface area contributed by atoms with Crippen LogP contribution in [-0.4, -0.2) is 40.0 Å². The fraction of sp³-hybridized carbons (Fsp3) is 1.00. The van der Waals surface area contributed by atoms with Crippen molar-refractivity contribution in [2.45, 2.75) is 25.7 Å². The van der Waals surface area contributed by atoms with E-state index in [0.29, 0.717) is 29.4 Å². The molecule has 0 fully saturated rings. The fourth-order valence-electron chi connectivity index (χ4n) is 0.928. The van der Waals surface area contributed by atoms with Gasteiger partial charge in [-0.1, -0.05) is 12.8 Å². The molecule has 0 heterocycles. The van der Waals surface area contributed by atoms with Crippen LogP contribution in [0.3, 0.4) is 0 Å². The molecule has 0 atom stereocenters. The summed E-state index contributed by atoms with van der Waals surface area (Å²) in [6.45, 7) is 0. The predicted molar refractivity (Wildman–Crippen MR) is 69.0 cm³/mol. The molecule has 0 aromatic heterocycles. The van der Waals surface area contributed by atoms with Gasteiger partial charge >= 0.3 is 38.7 Å². The molecule has 11 heteroatoms. The van der Waals surface area contributed by atoms with Crippen LogP contribution < -0.4 is 29.6 Å². The molecule has 18 heavy (non-hydrogen) atoms. The summed E-state index contributed by atoms with van der Waals surface area (Å²) in [5.41, 5.74) is 0. The van der Waals surface area contributed by atoms with Gasteiger partial charge in [0, 0.05) is 11.5 Å². The minimum atomic E-state index is -4.18. The minimum absolute atomic E-state index is 0. The summed E-state index contributed by atoms with van der Waals surface area (Å²) in [4.78, 5) is 0. The van der Waals surface area contributed by atoms with Crippen molar-refractivity contribution in [2.24, 2.45) is 0 Å². The summed E-state index contributed by atoms with van der Waals surface area (Å²) >= 11 is 0. The van der Waals surface area contributed by atoms with E-state index in [1.54, 1.807) is 0 Å². The molecule has 104 valence electrons. The molecule has 0 radical (unpaired) electrons. The maximum absolute atomic E-state index is 10.9. The molecule has 0 rings (SSSR count). The first kappa shape index (κ1) is 21.8. The van der Waals surface area contributed by atoms with Crippen molar-refractivity contribution < 1.29 is 55.1 Å². The summed E-state index contributed by atoms with van der Waals surface area (Å²) in [5, 5.41) is 0. The molecule has 0 aliphatic rings. The monoisotopic (exact) mass is 346 g/mol. The first-order valence-corrected chi connectivity index (χ1v) is 10.6. The number of unbranched alkanes of at least 4 members (excludes halogenated alkanes) is 3. The van der Waals surface area contributed by atoms with E-state index in [1.165, 1.54) is 0 Å². The predicted octanol–water partition coefficient (Wildman–Crippen LogP) is -1.63. The zero-order chi connectivity index (χ0) is 13.4. The van der Waals surface area contributed by atoms with Crippen LogP contribution in [0.4, 0.5) is 0 Å². The number of rotatable bonds is 10. The Morgan fingerprint density at radius 2 is 1.39 bits per heavy atom. The number of hydrogen-bond donors (Lipinski definition) is 0. The Kier molecular flexibility index (Phi) is 13.6. The summed E-state index contributed by atoms with van der Waals surface area (Å²) in [7, 11) is -5.36. The van der Waals surface area contributed by atoms with Crippen LogP contribution >= 0.6 is 21.6 Å². The van der Waals surface area contributed by atoms with Gasteiger partial charge in [0.25, 0.3) is 0 Å². The van der Waals surface area contributed by atoms with Crippen molar-refractivity contribution in [1.29, 1.82) is 0 Å². The normalized spacial score (nSPS) is 12.1. The third-order valence-corrected chi connectivity index (χ3v) is 6.73. The van der Waals surface area contributed by atoms with Crippen molar-refractivity contribution >= 4 is 39.9 Å². The molecule has 0 aromatic rings. The average molecular weight is 346 g/mol. The van der Waals surface area contributed by atoms with E-state index in [0.717, 1.165) is 30.7 Å². The van der Waals surface area contributed by atoms with E-state index < -0.39 is 18.3 Å². The van der Waals surface area contributed by atoms with Gasteiger partial charge in [0.1, 0.15) is 9.15 Å². The fourth-order valence-corrected chi connectivity index (χ4v) is 4.30. The molecule has 0 N–H and O–H groups in total. The second kappa shape index (κ2) is 11.2. The van der Waals surface area contributed by atoms with Crippen LogP contribution in [0.25, 0.3) is 0 Å². The number of hydrogen-bond acceptors (Lipinski definition) is 8. The standard InChI is InChI=1S/C7H16O6S4.Na/c1-13-17(11,12)15-7-5-3-2-4-6-14-16(8,9)10;/h2-7H2,1H3,(H,8,9,10);/q;+1/p-1. The molecule has 0 spiro atoms. The largest absolute Gasteiger partial charge is 1.00 e. The molecule has 0 saturated heterocycles. The minimum Gasteiger partial charge on any atom is -0.739 e. The van der Waals surface area contributed by atoms with Crippen LogP contribution in [0.5, 0.6) is 0 Å². The van der Waals surface area contributed by atoms with Crippen LogP contribution in [-0.2, 0) is 22.5 Å². The van der Waals surface area contributed by atoms with Gasteiger partial charge in [-0.05, 0) is 34.4 Å². The molecular weight excluding hydrogens is 331 g/mol. The Morgan fingerprint density at radius 1 is 0.944 bits per heavy atom. The molecule has 0 aliphatic heterocycles. The SMILES string of the molecule is COS(=O)(=O)SCCCCCCSS(=O)(=O)[O-].[Na+]. The summed E-state index contributed by atoms with van der Waals surface area (Å²) in [6.07, 6.45) is 2.91.